The van der Waals surface area contributed by atoms with Gasteiger partial charge in [-0.05, 0) is 37.0 Å². The molecule has 21 heavy (non-hydrogen) atoms. The highest BCUT2D eigenvalue weighted by Gasteiger charge is 2.18. The number of benzene rings is 1. The van der Waals surface area contributed by atoms with Crippen LogP contribution in [-0.4, -0.2) is 23.0 Å². The SMILES string of the molecule is Cc1ccc(/C=C/C(=O)NC(CC(=O)O)C(C)C)c(C)c1. The van der Waals surface area contributed by atoms with Gasteiger partial charge in [-0.2, -0.15) is 0 Å². The Kier molecular flexibility index (Phi) is 6.15. The summed E-state index contributed by atoms with van der Waals surface area (Å²) in [5, 5.41) is 11.6. The van der Waals surface area contributed by atoms with E-state index in [-0.39, 0.29) is 24.3 Å². The Morgan fingerprint density at radius 1 is 1.29 bits per heavy atom. The topological polar surface area (TPSA) is 66.4 Å². The van der Waals surface area contributed by atoms with E-state index in [0.717, 1.165) is 11.1 Å². The summed E-state index contributed by atoms with van der Waals surface area (Å²) in [6, 6.07) is 5.65. The summed E-state index contributed by atoms with van der Waals surface area (Å²) in [4.78, 5) is 22.7. The Bertz CT molecular complexity index is 547. The Labute approximate surface area is 125 Å². The minimum atomic E-state index is -0.910. The lowest BCUT2D eigenvalue weighted by molar-refractivity contribution is -0.138. The van der Waals surface area contributed by atoms with Gasteiger partial charge in [0.05, 0.1) is 6.42 Å². The highest BCUT2D eigenvalue weighted by atomic mass is 16.4. The molecule has 114 valence electrons. The van der Waals surface area contributed by atoms with Gasteiger partial charge in [-0.15, -0.1) is 0 Å². The number of rotatable bonds is 6. The Balaban J connectivity index is 2.71. The third-order valence-electron chi connectivity index (χ3n) is 3.37. The van der Waals surface area contributed by atoms with E-state index in [2.05, 4.69) is 11.4 Å². The molecule has 0 aliphatic carbocycles. The van der Waals surface area contributed by atoms with Crippen LogP contribution >= 0.6 is 0 Å². The predicted octanol–water partition coefficient (Wildman–Crippen LogP) is 2.93. The molecule has 0 spiro atoms. The Hall–Kier alpha value is -2.10. The molecule has 0 saturated heterocycles. The van der Waals surface area contributed by atoms with Crippen molar-refractivity contribution in [3.63, 3.8) is 0 Å². The highest BCUT2D eigenvalue weighted by molar-refractivity contribution is 5.92. The summed E-state index contributed by atoms with van der Waals surface area (Å²) in [5.41, 5.74) is 3.26. The number of carboxylic acids is 1. The molecule has 0 heterocycles. The zero-order valence-electron chi connectivity index (χ0n) is 13.0. The molecule has 1 aromatic carbocycles. The van der Waals surface area contributed by atoms with Gasteiger partial charge in [0.25, 0.3) is 0 Å². The largest absolute Gasteiger partial charge is 0.481 e. The number of hydrogen-bond acceptors (Lipinski definition) is 2. The van der Waals surface area contributed by atoms with Crippen LogP contribution in [0.1, 0.15) is 37.0 Å². The van der Waals surface area contributed by atoms with E-state index in [4.69, 9.17) is 5.11 Å². The monoisotopic (exact) mass is 289 g/mol. The summed E-state index contributed by atoms with van der Waals surface area (Å²) in [7, 11) is 0. The fourth-order valence-corrected chi connectivity index (χ4v) is 2.05. The molecule has 0 bridgehead atoms. The maximum Gasteiger partial charge on any atom is 0.305 e. The van der Waals surface area contributed by atoms with Crippen LogP contribution < -0.4 is 5.32 Å². The minimum absolute atomic E-state index is 0.0686. The van der Waals surface area contributed by atoms with Crippen molar-refractivity contribution in [1.82, 2.24) is 5.32 Å². The minimum Gasteiger partial charge on any atom is -0.481 e. The summed E-state index contributed by atoms with van der Waals surface area (Å²) in [6.45, 7) is 7.79. The number of carbonyl (C=O) groups excluding carboxylic acids is 1. The maximum absolute atomic E-state index is 11.9. The molecule has 1 unspecified atom stereocenters. The fraction of sp³-hybridized carbons (Fsp3) is 0.412. The maximum atomic E-state index is 11.9. The molecule has 1 aromatic rings. The average Bonchev–Trinajstić information content (AvgIpc) is 2.36. The molecule has 4 nitrogen and oxygen atoms in total. The van der Waals surface area contributed by atoms with Gasteiger partial charge in [0.15, 0.2) is 0 Å². The van der Waals surface area contributed by atoms with Crippen molar-refractivity contribution < 1.29 is 14.7 Å². The first-order valence-electron chi connectivity index (χ1n) is 7.07. The molecule has 2 N–H and O–H groups in total. The van der Waals surface area contributed by atoms with Crippen molar-refractivity contribution in [2.45, 2.75) is 40.2 Å². The second kappa shape index (κ2) is 7.62. The van der Waals surface area contributed by atoms with Gasteiger partial charge < -0.3 is 10.4 Å². The van der Waals surface area contributed by atoms with Gasteiger partial charge >= 0.3 is 5.97 Å². The molecule has 1 amide bonds. The lowest BCUT2D eigenvalue weighted by atomic mass is 10.0. The normalized spacial score (nSPS) is 12.6. The third kappa shape index (κ3) is 5.81. The van der Waals surface area contributed by atoms with Crippen LogP contribution in [0.2, 0.25) is 0 Å². The number of aliphatic carboxylic acids is 1. The van der Waals surface area contributed by atoms with Crippen LogP contribution in [-0.2, 0) is 9.59 Å². The van der Waals surface area contributed by atoms with E-state index in [1.807, 2.05) is 39.8 Å². The van der Waals surface area contributed by atoms with E-state index in [1.165, 1.54) is 11.6 Å². The standard InChI is InChI=1S/C17H23NO3/c1-11(2)15(10-17(20)21)18-16(19)8-7-14-6-5-12(3)9-13(14)4/h5-9,11,15H,10H2,1-4H3,(H,18,19)(H,20,21)/b8-7+. The van der Waals surface area contributed by atoms with Crippen LogP contribution in [0.5, 0.6) is 0 Å². The van der Waals surface area contributed by atoms with Crippen molar-refractivity contribution in [2.75, 3.05) is 0 Å². The second-order valence-electron chi connectivity index (χ2n) is 5.65. The third-order valence-corrected chi connectivity index (χ3v) is 3.37. The number of amides is 1. The van der Waals surface area contributed by atoms with Gasteiger partial charge in [0, 0.05) is 12.1 Å². The van der Waals surface area contributed by atoms with E-state index in [9.17, 15) is 9.59 Å². The lowest BCUT2D eigenvalue weighted by Gasteiger charge is -2.19. The van der Waals surface area contributed by atoms with Crippen LogP contribution in [0.4, 0.5) is 0 Å². The predicted molar refractivity (Wildman–Crippen MR) is 84.0 cm³/mol. The van der Waals surface area contributed by atoms with Gasteiger partial charge in [0.1, 0.15) is 0 Å². The molecule has 0 aliphatic heterocycles. The zero-order valence-corrected chi connectivity index (χ0v) is 13.0. The summed E-state index contributed by atoms with van der Waals surface area (Å²) in [5.74, 6) is -1.11. The number of carboxylic acid groups (broad SMARTS) is 1. The summed E-state index contributed by atoms with van der Waals surface area (Å²) >= 11 is 0. The van der Waals surface area contributed by atoms with E-state index >= 15 is 0 Å². The quantitative estimate of drug-likeness (QED) is 0.791. The number of hydrogen-bond donors (Lipinski definition) is 2. The van der Waals surface area contributed by atoms with Crippen molar-refractivity contribution in [3.05, 3.63) is 41.0 Å². The first-order valence-corrected chi connectivity index (χ1v) is 7.07. The molecule has 0 radical (unpaired) electrons. The molecule has 1 rings (SSSR count). The van der Waals surface area contributed by atoms with Crippen LogP contribution in [0.15, 0.2) is 24.3 Å². The van der Waals surface area contributed by atoms with Crippen molar-refractivity contribution in [1.29, 1.82) is 0 Å². The molecule has 0 fully saturated rings. The molecular formula is C17H23NO3. The highest BCUT2D eigenvalue weighted by Crippen LogP contribution is 2.12. The molecule has 0 aromatic heterocycles. The number of aryl methyl sites for hydroxylation is 2. The number of carbonyl (C=O) groups is 2. The van der Waals surface area contributed by atoms with E-state index < -0.39 is 5.97 Å². The van der Waals surface area contributed by atoms with Crippen molar-refractivity contribution in [2.24, 2.45) is 5.92 Å². The summed E-state index contributed by atoms with van der Waals surface area (Å²) in [6.07, 6.45) is 3.14. The van der Waals surface area contributed by atoms with E-state index in [1.54, 1.807) is 6.08 Å². The number of nitrogens with one attached hydrogen (secondary N) is 1. The van der Waals surface area contributed by atoms with E-state index in [0.29, 0.717) is 0 Å². The average molecular weight is 289 g/mol. The first-order chi connectivity index (χ1) is 9.79. The van der Waals surface area contributed by atoms with Crippen LogP contribution in [0.3, 0.4) is 0 Å². The van der Waals surface area contributed by atoms with Gasteiger partial charge in [-0.3, -0.25) is 9.59 Å². The van der Waals surface area contributed by atoms with Crippen molar-refractivity contribution in [3.8, 4) is 0 Å². The molecular weight excluding hydrogens is 266 g/mol. The molecule has 0 aliphatic rings. The first kappa shape index (κ1) is 17.0. The molecule has 0 saturated carbocycles. The van der Waals surface area contributed by atoms with Crippen LogP contribution in [0.25, 0.3) is 6.08 Å². The van der Waals surface area contributed by atoms with Crippen molar-refractivity contribution >= 4 is 18.0 Å². The summed E-state index contributed by atoms with van der Waals surface area (Å²) < 4.78 is 0. The van der Waals surface area contributed by atoms with Gasteiger partial charge in [0.2, 0.25) is 5.91 Å². The Morgan fingerprint density at radius 2 is 1.95 bits per heavy atom. The lowest BCUT2D eigenvalue weighted by Crippen LogP contribution is -2.39. The molecule has 1 atom stereocenters. The molecule has 4 heteroatoms. The smallest absolute Gasteiger partial charge is 0.305 e. The second-order valence-corrected chi connectivity index (χ2v) is 5.65. The van der Waals surface area contributed by atoms with Crippen LogP contribution in [0, 0.1) is 19.8 Å². The fourth-order valence-electron chi connectivity index (χ4n) is 2.05. The van der Waals surface area contributed by atoms with Gasteiger partial charge in [-0.1, -0.05) is 37.6 Å². The zero-order chi connectivity index (χ0) is 16.0. The van der Waals surface area contributed by atoms with Gasteiger partial charge in [-0.25, -0.2) is 0 Å². The Morgan fingerprint density at radius 3 is 2.48 bits per heavy atom.